The van der Waals surface area contributed by atoms with Crippen LogP contribution in [-0.4, -0.2) is 12.6 Å². The zero-order valence-electron chi connectivity index (χ0n) is 13.7. The molecule has 0 aliphatic rings. The van der Waals surface area contributed by atoms with E-state index < -0.39 is 0 Å². The number of unbranched alkanes of at least 4 members (excludes halogenated alkanes) is 2. The Bertz CT molecular complexity index is 393. The molecule has 0 saturated heterocycles. The van der Waals surface area contributed by atoms with Gasteiger partial charge in [-0.05, 0) is 0 Å². The Balaban J connectivity index is -0.0000000366. The third-order valence-corrected chi connectivity index (χ3v) is 1.46. The van der Waals surface area contributed by atoms with Gasteiger partial charge in [0.1, 0.15) is 0 Å². The fourth-order valence-electron chi connectivity index (χ4n) is 0.734. The monoisotopic (exact) mass is 448 g/mol. The van der Waals surface area contributed by atoms with Gasteiger partial charge in [-0.1, -0.05) is 0 Å². The predicted molar refractivity (Wildman–Crippen MR) is 80.4 cm³/mol. The summed E-state index contributed by atoms with van der Waals surface area (Å²) in [4.78, 5) is 18.8. The molecule has 0 unspecified atom stereocenters. The first-order valence-corrected chi connectivity index (χ1v) is 5.93. The van der Waals surface area contributed by atoms with E-state index in [2.05, 4.69) is 50.9 Å². The van der Waals surface area contributed by atoms with Crippen molar-refractivity contribution >= 4 is 12.6 Å². The number of hydrogen-bond donors (Lipinski definition) is 0. The van der Waals surface area contributed by atoms with E-state index in [0.717, 1.165) is 0 Å². The zero-order valence-corrected chi connectivity index (χ0v) is 16.0. The zero-order chi connectivity index (χ0) is 20.6. The molecule has 0 atom stereocenters. The molecule has 0 aliphatic carbocycles. The normalized spacial score (nSPS) is 5.33. The molecular weight excluding hydrogens is 436 g/mol. The van der Waals surface area contributed by atoms with Crippen LogP contribution in [0.25, 0.3) is 0 Å². The van der Waals surface area contributed by atoms with Crippen LogP contribution < -0.4 is 0 Å². The van der Waals surface area contributed by atoms with E-state index in [9.17, 15) is 9.59 Å². The smallest absolute Gasteiger partial charge is 0 e. The van der Waals surface area contributed by atoms with Crippen molar-refractivity contribution in [3.63, 3.8) is 0 Å². The quantitative estimate of drug-likeness (QED) is 0.309. The van der Waals surface area contributed by atoms with E-state index in [4.69, 9.17) is 18.6 Å². The molecule has 0 aliphatic heterocycles. The minimum atomic E-state index is 0. The van der Waals surface area contributed by atoms with Crippen molar-refractivity contribution in [2.75, 3.05) is 0 Å². The second-order valence-corrected chi connectivity index (χ2v) is 2.79. The van der Waals surface area contributed by atoms with Gasteiger partial charge in [-0.25, -0.2) is 12.1 Å². The van der Waals surface area contributed by atoms with Crippen molar-refractivity contribution in [3.8, 4) is 0 Å². The summed E-state index contributed by atoms with van der Waals surface area (Å²) in [5, 5.41) is 0. The minimum absolute atomic E-state index is 0. The molecule has 2 aromatic rings. The maximum atomic E-state index is 9.42. The Morgan fingerprint density at radius 2 is 1.07 bits per heavy atom. The Morgan fingerprint density at radius 1 is 0.741 bits per heavy atom. The molecule has 148 valence electrons. The summed E-state index contributed by atoms with van der Waals surface area (Å²) in [6.07, 6.45) is 4.65. The van der Waals surface area contributed by atoms with E-state index in [1.54, 1.807) is 18.6 Å². The van der Waals surface area contributed by atoms with E-state index >= 15 is 0 Å². The van der Waals surface area contributed by atoms with Gasteiger partial charge in [-0.3, -0.25) is 12.6 Å². The largest absolute Gasteiger partial charge is 0.999 e. The van der Waals surface area contributed by atoms with Crippen molar-refractivity contribution < 1.29 is 62.3 Å². The van der Waals surface area contributed by atoms with Crippen LogP contribution in [-0.2, 0) is 62.3 Å². The van der Waals surface area contributed by atoms with Gasteiger partial charge in [0.25, 0.3) is 0 Å². The van der Waals surface area contributed by atoms with Crippen LogP contribution in [0.15, 0.2) is 36.4 Å². The van der Waals surface area contributed by atoms with Gasteiger partial charge in [0.2, 0.25) is 0 Å². The van der Waals surface area contributed by atoms with Crippen LogP contribution in [0, 0.1) is 50.9 Å². The molecule has 6 nitrogen and oxygen atoms in total. The maximum Gasteiger partial charge on any atom is 0 e. The third kappa shape index (κ3) is 80.6. The number of rotatable bonds is 4. The standard InChI is InChI=1S/C5H6O2.C5H5.C5H.4CO.2Fe/c6-4-2-1-3-5-7;2*1-2-4-5-3-1;4*1-2;;/h1-3H2;1-5H;1H;;;;;;/q-2;-1;-5;;;;;;. The summed E-state index contributed by atoms with van der Waals surface area (Å²) in [7, 11) is 0. The molecular formula is C19H12Fe2O6-8. The Hall–Kier alpha value is -1.96. The predicted octanol–water partition coefficient (Wildman–Crippen LogP) is 2.23. The fraction of sp³-hybridized carbons (Fsp3) is 0.158. The van der Waals surface area contributed by atoms with Crippen LogP contribution in [0.2, 0.25) is 0 Å². The van der Waals surface area contributed by atoms with E-state index in [1.807, 2.05) is 30.3 Å². The summed E-state index contributed by atoms with van der Waals surface area (Å²) in [5.74, 6) is 0. The third-order valence-electron chi connectivity index (χ3n) is 1.46. The van der Waals surface area contributed by atoms with Gasteiger partial charge < -0.3 is 39.9 Å². The first-order valence-electron chi connectivity index (χ1n) is 5.93. The van der Waals surface area contributed by atoms with E-state index in [-0.39, 0.29) is 34.1 Å². The minimum Gasteiger partial charge on any atom is -0.999 e. The Morgan fingerprint density at radius 3 is 1.22 bits per heavy atom. The van der Waals surface area contributed by atoms with Crippen LogP contribution in [0.4, 0.5) is 0 Å². The summed E-state index contributed by atoms with van der Waals surface area (Å²) >= 11 is 0. The second-order valence-electron chi connectivity index (χ2n) is 2.79. The molecule has 0 amide bonds. The van der Waals surface area contributed by atoms with Crippen molar-refractivity contribution in [2.24, 2.45) is 0 Å². The van der Waals surface area contributed by atoms with Crippen LogP contribution in [0.5, 0.6) is 0 Å². The summed E-state index contributed by atoms with van der Waals surface area (Å²) in [6.45, 7) is 18.0. The molecule has 8 heteroatoms. The molecule has 2 rings (SSSR count). The van der Waals surface area contributed by atoms with Crippen LogP contribution >= 0.6 is 0 Å². The molecule has 0 saturated carbocycles. The summed E-state index contributed by atoms with van der Waals surface area (Å²) in [5.41, 5.74) is 0. The molecule has 0 spiro atoms. The fourth-order valence-corrected chi connectivity index (χ4v) is 0.734. The van der Waals surface area contributed by atoms with Gasteiger partial charge in [0.15, 0.2) is 0 Å². The van der Waals surface area contributed by atoms with Gasteiger partial charge >= 0.3 is 45.2 Å². The molecule has 0 heterocycles. The SMILES string of the molecule is O=[C-]CCC[C-]=O.[C-]#[O+].[C-]#[O+].[C-]#[O+].[C-]#[O+].[Fe].[Fe].[c-]1[c-][c-][cH-][c-]1.c1cc[cH-]c1. The first-order chi connectivity index (χ1) is 12.4. The number of carbonyl (C=O) groups excluding carboxylic acids is 2. The van der Waals surface area contributed by atoms with E-state index in [0.29, 0.717) is 19.3 Å². The molecule has 2 aromatic carbocycles. The van der Waals surface area contributed by atoms with Crippen LogP contribution in [0.1, 0.15) is 19.3 Å². The maximum absolute atomic E-state index is 9.42. The van der Waals surface area contributed by atoms with Crippen LogP contribution in [0.3, 0.4) is 0 Å². The molecule has 0 aromatic heterocycles. The molecule has 0 bridgehead atoms. The Kier molecular flexibility index (Phi) is 124. The molecule has 0 N–H and O–H groups in total. The summed E-state index contributed by atoms with van der Waals surface area (Å²) < 4.78 is 30.0. The van der Waals surface area contributed by atoms with Crippen molar-refractivity contribution in [1.29, 1.82) is 0 Å². The van der Waals surface area contributed by atoms with Gasteiger partial charge in [0, 0.05) is 34.1 Å². The molecule has 27 heavy (non-hydrogen) atoms. The average Bonchev–Trinajstić information content (AvgIpc) is 3.47. The van der Waals surface area contributed by atoms with Crippen molar-refractivity contribution in [3.05, 3.63) is 87.3 Å². The van der Waals surface area contributed by atoms with Crippen molar-refractivity contribution in [1.82, 2.24) is 0 Å². The summed E-state index contributed by atoms with van der Waals surface area (Å²) in [6, 6.07) is 22.0. The second kappa shape index (κ2) is 75.1. The van der Waals surface area contributed by atoms with Gasteiger partial charge in [-0.2, -0.15) is 31.0 Å². The first kappa shape index (κ1) is 44.5. The average molecular weight is 448 g/mol. The van der Waals surface area contributed by atoms with E-state index in [1.165, 1.54) is 0 Å². The van der Waals surface area contributed by atoms with Crippen molar-refractivity contribution in [2.45, 2.75) is 19.3 Å². The number of hydrogen-bond acceptors (Lipinski definition) is 2. The molecule has 0 fully saturated rings. The topological polar surface area (TPSA) is 114 Å². The van der Waals surface area contributed by atoms with Gasteiger partial charge in [0.05, 0.1) is 0 Å². The Labute approximate surface area is 181 Å². The van der Waals surface area contributed by atoms with Gasteiger partial charge in [-0.15, -0.1) is 6.42 Å². The molecule has 0 radical (unpaired) electrons.